The molecule has 1 atom stereocenters. The van der Waals surface area contributed by atoms with Crippen molar-refractivity contribution >= 4 is 17.5 Å². The molecule has 23 heavy (non-hydrogen) atoms. The average molecular weight is 339 g/mol. The lowest BCUT2D eigenvalue weighted by Crippen LogP contribution is -2.39. The largest absolute Gasteiger partial charge is 0.454 e. The van der Waals surface area contributed by atoms with Gasteiger partial charge in [-0.1, -0.05) is 18.0 Å². The number of hydrogen-bond acceptors (Lipinski definition) is 4. The fourth-order valence-corrected chi connectivity index (χ4v) is 3.44. The summed E-state index contributed by atoms with van der Waals surface area (Å²) in [5.74, 6) is 0.920. The number of ether oxygens (including phenoxy) is 2. The summed E-state index contributed by atoms with van der Waals surface area (Å²) >= 11 is 6.11. The summed E-state index contributed by atoms with van der Waals surface area (Å²) in [6, 6.07) is 3.96. The van der Waals surface area contributed by atoms with Gasteiger partial charge in [0.2, 0.25) is 6.79 Å². The summed E-state index contributed by atoms with van der Waals surface area (Å²) in [6.45, 7) is 5.30. The number of nitrogens with zero attached hydrogens (tertiary/aromatic N) is 1. The fourth-order valence-electron chi connectivity index (χ4n) is 3.17. The third-order valence-corrected chi connectivity index (χ3v) is 4.82. The molecule has 1 amide bonds. The van der Waals surface area contributed by atoms with E-state index in [0.717, 1.165) is 13.0 Å². The molecule has 126 valence electrons. The van der Waals surface area contributed by atoms with Crippen molar-refractivity contribution < 1.29 is 14.3 Å². The van der Waals surface area contributed by atoms with Gasteiger partial charge in [-0.05, 0) is 44.9 Å². The smallest absolute Gasteiger partial charge is 0.251 e. The summed E-state index contributed by atoms with van der Waals surface area (Å²) in [5.41, 5.74) is 0.505. The van der Waals surface area contributed by atoms with Crippen LogP contribution in [0, 0.1) is 0 Å². The Morgan fingerprint density at radius 2 is 2.26 bits per heavy atom. The van der Waals surface area contributed by atoms with E-state index in [1.165, 1.54) is 25.8 Å². The third kappa shape index (κ3) is 3.90. The summed E-state index contributed by atoms with van der Waals surface area (Å²) in [7, 11) is 0. The highest BCUT2D eigenvalue weighted by Gasteiger charge is 2.21. The number of nitrogens with one attached hydrogen (secondary N) is 1. The van der Waals surface area contributed by atoms with E-state index in [-0.39, 0.29) is 12.7 Å². The molecule has 1 saturated heterocycles. The second kappa shape index (κ2) is 7.41. The summed E-state index contributed by atoms with van der Waals surface area (Å²) in [6.07, 6.45) is 4.85. The van der Waals surface area contributed by atoms with E-state index in [1.807, 2.05) is 0 Å². The van der Waals surface area contributed by atoms with Crippen LogP contribution in [0.15, 0.2) is 12.1 Å². The molecule has 0 saturated carbocycles. The Morgan fingerprint density at radius 1 is 1.39 bits per heavy atom. The van der Waals surface area contributed by atoms with Gasteiger partial charge in [0.15, 0.2) is 11.5 Å². The quantitative estimate of drug-likeness (QED) is 0.838. The molecule has 2 heterocycles. The number of halogens is 1. The minimum absolute atomic E-state index is 0.128. The standard InChI is InChI=1S/C17H23ClN2O3/c1-12-5-2-3-7-20(12)8-4-6-19-17(21)13-9-14(18)16-15(10-13)22-11-23-16/h9-10,12H,2-8,11H2,1H3,(H,19,21). The molecule has 6 heteroatoms. The number of rotatable bonds is 5. The van der Waals surface area contributed by atoms with Crippen LogP contribution in [0.5, 0.6) is 11.5 Å². The van der Waals surface area contributed by atoms with Crippen molar-refractivity contribution in [2.75, 3.05) is 26.4 Å². The first-order chi connectivity index (χ1) is 11.1. The Labute approximate surface area is 141 Å². The van der Waals surface area contributed by atoms with Gasteiger partial charge in [0.25, 0.3) is 5.91 Å². The highest BCUT2D eigenvalue weighted by atomic mass is 35.5. The van der Waals surface area contributed by atoms with Gasteiger partial charge in [-0.15, -0.1) is 0 Å². The zero-order valence-corrected chi connectivity index (χ0v) is 14.2. The first kappa shape index (κ1) is 16.4. The molecule has 5 nitrogen and oxygen atoms in total. The molecule has 0 aliphatic carbocycles. The third-order valence-electron chi connectivity index (χ3n) is 4.54. The van der Waals surface area contributed by atoms with Gasteiger partial charge in [-0.2, -0.15) is 0 Å². The second-order valence-corrected chi connectivity index (χ2v) is 6.59. The van der Waals surface area contributed by atoms with Crippen molar-refractivity contribution in [2.45, 2.75) is 38.6 Å². The highest BCUT2D eigenvalue weighted by Crippen LogP contribution is 2.39. The minimum atomic E-state index is -0.128. The molecule has 1 aromatic carbocycles. The number of carbonyl (C=O) groups excluding carboxylic acids is 1. The summed E-state index contributed by atoms with van der Waals surface area (Å²) < 4.78 is 10.5. The number of hydrogen-bond donors (Lipinski definition) is 1. The lowest BCUT2D eigenvalue weighted by Gasteiger charge is -2.33. The van der Waals surface area contributed by atoms with Gasteiger partial charge in [0, 0.05) is 24.7 Å². The normalized spacial score (nSPS) is 20.5. The Hall–Kier alpha value is -1.46. The van der Waals surface area contributed by atoms with Crippen LogP contribution >= 0.6 is 11.6 Å². The van der Waals surface area contributed by atoms with Gasteiger partial charge in [-0.25, -0.2) is 0 Å². The van der Waals surface area contributed by atoms with Gasteiger partial charge in [0.05, 0.1) is 5.02 Å². The predicted octanol–water partition coefficient (Wildman–Crippen LogP) is 3.06. The molecule has 0 spiro atoms. The Balaban J connectivity index is 1.47. The van der Waals surface area contributed by atoms with E-state index in [0.29, 0.717) is 34.7 Å². The molecule has 1 fully saturated rings. The van der Waals surface area contributed by atoms with E-state index in [4.69, 9.17) is 21.1 Å². The van der Waals surface area contributed by atoms with Crippen LogP contribution in [-0.4, -0.2) is 43.3 Å². The maximum Gasteiger partial charge on any atom is 0.251 e. The molecule has 1 aromatic rings. The van der Waals surface area contributed by atoms with E-state index in [9.17, 15) is 4.79 Å². The SMILES string of the molecule is CC1CCCCN1CCCNC(=O)c1cc(Cl)c2c(c1)OCO2. The molecular weight excluding hydrogens is 316 g/mol. The predicted molar refractivity (Wildman–Crippen MR) is 89.4 cm³/mol. The zero-order chi connectivity index (χ0) is 16.2. The van der Waals surface area contributed by atoms with Gasteiger partial charge < -0.3 is 19.7 Å². The molecule has 2 aliphatic heterocycles. The van der Waals surface area contributed by atoms with E-state index in [1.54, 1.807) is 12.1 Å². The Morgan fingerprint density at radius 3 is 3.09 bits per heavy atom. The maximum absolute atomic E-state index is 12.2. The van der Waals surface area contributed by atoms with Gasteiger partial charge >= 0.3 is 0 Å². The Bertz CT molecular complexity index is 579. The average Bonchev–Trinajstić information content (AvgIpc) is 3.02. The molecule has 1 unspecified atom stereocenters. The van der Waals surface area contributed by atoms with Crippen LogP contribution in [0.1, 0.15) is 43.0 Å². The topological polar surface area (TPSA) is 50.8 Å². The van der Waals surface area contributed by atoms with Gasteiger partial charge in [0.1, 0.15) is 0 Å². The van der Waals surface area contributed by atoms with Crippen LogP contribution in [0.3, 0.4) is 0 Å². The number of fused-ring (bicyclic) bond motifs is 1. The van der Waals surface area contributed by atoms with Crippen LogP contribution in [-0.2, 0) is 0 Å². The number of benzene rings is 1. The molecule has 0 aromatic heterocycles. The van der Waals surface area contributed by atoms with Crippen molar-refractivity contribution in [3.05, 3.63) is 22.7 Å². The van der Waals surface area contributed by atoms with Crippen LogP contribution in [0.2, 0.25) is 5.02 Å². The first-order valence-electron chi connectivity index (χ1n) is 8.26. The van der Waals surface area contributed by atoms with Crippen LogP contribution in [0.4, 0.5) is 0 Å². The van der Waals surface area contributed by atoms with E-state index in [2.05, 4.69) is 17.1 Å². The van der Waals surface area contributed by atoms with Crippen molar-refractivity contribution in [3.8, 4) is 11.5 Å². The number of amides is 1. The van der Waals surface area contributed by atoms with Crippen molar-refractivity contribution in [1.29, 1.82) is 0 Å². The van der Waals surface area contributed by atoms with Crippen molar-refractivity contribution in [2.24, 2.45) is 0 Å². The van der Waals surface area contributed by atoms with Crippen LogP contribution in [0.25, 0.3) is 0 Å². The zero-order valence-electron chi connectivity index (χ0n) is 13.4. The fraction of sp³-hybridized carbons (Fsp3) is 0.588. The summed E-state index contributed by atoms with van der Waals surface area (Å²) in [5, 5.41) is 3.36. The molecular formula is C17H23ClN2O3. The maximum atomic E-state index is 12.2. The molecule has 0 bridgehead atoms. The highest BCUT2D eigenvalue weighted by molar-refractivity contribution is 6.32. The molecule has 2 aliphatic rings. The number of likely N-dealkylation sites (tertiary alicyclic amines) is 1. The molecule has 3 rings (SSSR count). The second-order valence-electron chi connectivity index (χ2n) is 6.18. The Kier molecular flexibility index (Phi) is 5.28. The molecule has 0 radical (unpaired) electrons. The number of carbonyl (C=O) groups is 1. The van der Waals surface area contributed by atoms with Gasteiger partial charge in [-0.3, -0.25) is 4.79 Å². The van der Waals surface area contributed by atoms with E-state index >= 15 is 0 Å². The summed E-state index contributed by atoms with van der Waals surface area (Å²) in [4.78, 5) is 14.7. The minimum Gasteiger partial charge on any atom is -0.454 e. The lowest BCUT2D eigenvalue weighted by atomic mass is 10.0. The monoisotopic (exact) mass is 338 g/mol. The van der Waals surface area contributed by atoms with E-state index < -0.39 is 0 Å². The first-order valence-corrected chi connectivity index (χ1v) is 8.64. The van der Waals surface area contributed by atoms with Crippen molar-refractivity contribution in [3.63, 3.8) is 0 Å². The lowest BCUT2D eigenvalue weighted by molar-refractivity contribution is 0.0948. The number of piperidine rings is 1. The van der Waals surface area contributed by atoms with Crippen LogP contribution < -0.4 is 14.8 Å². The van der Waals surface area contributed by atoms with Crippen molar-refractivity contribution in [1.82, 2.24) is 10.2 Å². The molecule has 1 N–H and O–H groups in total.